The van der Waals surface area contributed by atoms with E-state index in [1.807, 2.05) is 36.1 Å². The van der Waals surface area contributed by atoms with Gasteiger partial charge in [0.05, 0.1) is 26.2 Å². The number of carbonyl (C=O) groups is 1. The van der Waals surface area contributed by atoms with Gasteiger partial charge in [0.2, 0.25) is 17.7 Å². The predicted octanol–water partition coefficient (Wildman–Crippen LogP) is 2.21. The van der Waals surface area contributed by atoms with Gasteiger partial charge in [-0.25, -0.2) is 0 Å². The molecule has 0 bridgehead atoms. The Bertz CT molecular complexity index is 988. The molecule has 0 aliphatic carbocycles. The van der Waals surface area contributed by atoms with Crippen LogP contribution in [0.1, 0.15) is 29.0 Å². The fraction of sp³-hybridized carbons (Fsp3) is 0.375. The molecule has 3 aromatic rings. The quantitative estimate of drug-likeness (QED) is 0.683. The third-order valence-corrected chi connectivity index (χ3v) is 5.84. The van der Waals surface area contributed by atoms with Crippen LogP contribution < -0.4 is 4.90 Å². The van der Waals surface area contributed by atoms with E-state index >= 15 is 0 Å². The fourth-order valence-electron chi connectivity index (χ4n) is 3.87. The van der Waals surface area contributed by atoms with Crippen LogP contribution in [0.2, 0.25) is 0 Å². The van der Waals surface area contributed by atoms with Gasteiger partial charge < -0.3 is 14.2 Å². The Balaban J connectivity index is 1.24. The summed E-state index contributed by atoms with van der Waals surface area (Å²) in [6.45, 7) is 8.81. The molecule has 0 atom stereocenters. The van der Waals surface area contributed by atoms with Crippen LogP contribution >= 0.6 is 0 Å². The van der Waals surface area contributed by atoms with Crippen molar-refractivity contribution in [2.45, 2.75) is 33.2 Å². The molecular formula is C24H29N4O2+. The van der Waals surface area contributed by atoms with Crippen LogP contribution in [0.3, 0.4) is 0 Å². The molecule has 2 heterocycles. The second kappa shape index (κ2) is 9.22. The SMILES string of the molecule is Cc1ccc(-c2nnc(CCC(=O)N3CC[NH+](Cc4ccccc4C)CC3)o2)cc1. The minimum atomic E-state index is 0.167. The molecule has 1 saturated heterocycles. The van der Waals surface area contributed by atoms with Crippen molar-refractivity contribution in [3.8, 4) is 11.5 Å². The summed E-state index contributed by atoms with van der Waals surface area (Å²) in [6.07, 6.45) is 0.886. The topological polar surface area (TPSA) is 63.7 Å². The van der Waals surface area contributed by atoms with Crippen molar-refractivity contribution in [3.05, 3.63) is 71.1 Å². The highest BCUT2D eigenvalue weighted by Gasteiger charge is 2.24. The molecule has 1 aliphatic heterocycles. The summed E-state index contributed by atoms with van der Waals surface area (Å²) in [5, 5.41) is 8.23. The fourth-order valence-corrected chi connectivity index (χ4v) is 3.87. The van der Waals surface area contributed by atoms with Gasteiger partial charge in [0.1, 0.15) is 6.54 Å². The van der Waals surface area contributed by atoms with Gasteiger partial charge in [0.15, 0.2) is 0 Å². The zero-order chi connectivity index (χ0) is 20.9. The predicted molar refractivity (Wildman–Crippen MR) is 115 cm³/mol. The van der Waals surface area contributed by atoms with Gasteiger partial charge in [-0.15, -0.1) is 10.2 Å². The Hall–Kier alpha value is -2.99. The van der Waals surface area contributed by atoms with E-state index < -0.39 is 0 Å². The zero-order valence-electron chi connectivity index (χ0n) is 17.7. The first kappa shape index (κ1) is 20.3. The van der Waals surface area contributed by atoms with E-state index in [9.17, 15) is 4.79 Å². The zero-order valence-corrected chi connectivity index (χ0v) is 17.7. The normalized spacial score (nSPS) is 14.8. The number of hydrogen-bond acceptors (Lipinski definition) is 4. The molecule has 30 heavy (non-hydrogen) atoms. The van der Waals surface area contributed by atoms with E-state index in [2.05, 4.69) is 41.4 Å². The molecule has 0 radical (unpaired) electrons. The van der Waals surface area contributed by atoms with Gasteiger partial charge in [-0.2, -0.15) is 0 Å². The molecule has 6 nitrogen and oxygen atoms in total. The van der Waals surface area contributed by atoms with Crippen LogP contribution in [0.4, 0.5) is 0 Å². The van der Waals surface area contributed by atoms with Crippen LogP contribution in [0.25, 0.3) is 11.5 Å². The summed E-state index contributed by atoms with van der Waals surface area (Å²) in [6, 6.07) is 16.5. The molecule has 1 aliphatic rings. The number of carbonyl (C=O) groups excluding carboxylic acids is 1. The molecule has 0 spiro atoms. The Kier molecular flexibility index (Phi) is 6.23. The van der Waals surface area contributed by atoms with Crippen LogP contribution in [0.5, 0.6) is 0 Å². The number of aryl methyl sites for hydroxylation is 3. The minimum absolute atomic E-state index is 0.167. The first-order valence-electron chi connectivity index (χ1n) is 10.6. The molecule has 1 fully saturated rings. The molecular weight excluding hydrogens is 376 g/mol. The van der Waals surface area contributed by atoms with Gasteiger partial charge in [-0.3, -0.25) is 4.79 Å². The number of piperazine rings is 1. The second-order valence-corrected chi connectivity index (χ2v) is 8.10. The first-order chi connectivity index (χ1) is 14.6. The first-order valence-corrected chi connectivity index (χ1v) is 10.6. The number of nitrogens with zero attached hydrogens (tertiary/aromatic N) is 3. The largest absolute Gasteiger partial charge is 0.421 e. The monoisotopic (exact) mass is 405 g/mol. The summed E-state index contributed by atoms with van der Waals surface area (Å²) in [5.74, 6) is 1.19. The van der Waals surface area contributed by atoms with Crippen LogP contribution in [-0.2, 0) is 17.8 Å². The van der Waals surface area contributed by atoms with Crippen molar-refractivity contribution in [1.82, 2.24) is 15.1 Å². The van der Waals surface area contributed by atoms with Crippen molar-refractivity contribution in [1.29, 1.82) is 0 Å². The van der Waals surface area contributed by atoms with Crippen LogP contribution in [0, 0.1) is 13.8 Å². The average Bonchev–Trinajstić information content (AvgIpc) is 3.24. The maximum absolute atomic E-state index is 12.6. The average molecular weight is 406 g/mol. The molecule has 1 aromatic heterocycles. The molecule has 0 unspecified atom stereocenters. The molecule has 4 rings (SSSR count). The lowest BCUT2D eigenvalue weighted by molar-refractivity contribution is -0.917. The van der Waals surface area contributed by atoms with E-state index in [1.165, 1.54) is 21.6 Å². The Morgan fingerprint density at radius 2 is 1.77 bits per heavy atom. The van der Waals surface area contributed by atoms with E-state index in [1.54, 1.807) is 0 Å². The summed E-state index contributed by atoms with van der Waals surface area (Å²) in [5.41, 5.74) is 4.82. The Labute approximate surface area is 177 Å². The number of hydrogen-bond donors (Lipinski definition) is 1. The van der Waals surface area contributed by atoms with E-state index in [4.69, 9.17) is 4.42 Å². The Morgan fingerprint density at radius 3 is 2.50 bits per heavy atom. The van der Waals surface area contributed by atoms with Gasteiger partial charge in [0.25, 0.3) is 0 Å². The number of quaternary nitrogens is 1. The second-order valence-electron chi connectivity index (χ2n) is 8.10. The molecule has 6 heteroatoms. The lowest BCUT2D eigenvalue weighted by Gasteiger charge is -2.32. The van der Waals surface area contributed by atoms with E-state index in [0.29, 0.717) is 24.6 Å². The van der Waals surface area contributed by atoms with Crippen LogP contribution in [0.15, 0.2) is 52.9 Å². The smallest absolute Gasteiger partial charge is 0.247 e. The number of nitrogens with one attached hydrogen (secondary N) is 1. The molecule has 2 aromatic carbocycles. The molecule has 156 valence electrons. The number of amides is 1. The minimum Gasteiger partial charge on any atom is -0.421 e. The van der Waals surface area contributed by atoms with E-state index in [-0.39, 0.29) is 5.91 Å². The van der Waals surface area contributed by atoms with Gasteiger partial charge >= 0.3 is 0 Å². The third-order valence-electron chi connectivity index (χ3n) is 5.84. The van der Waals surface area contributed by atoms with Gasteiger partial charge in [-0.1, -0.05) is 42.0 Å². The third kappa shape index (κ3) is 4.94. The van der Waals surface area contributed by atoms with Gasteiger partial charge in [-0.05, 0) is 31.5 Å². The molecule has 1 amide bonds. The summed E-state index contributed by atoms with van der Waals surface area (Å²) < 4.78 is 5.74. The van der Waals surface area contributed by atoms with Crippen molar-refractivity contribution in [2.75, 3.05) is 26.2 Å². The van der Waals surface area contributed by atoms with Crippen molar-refractivity contribution < 1.29 is 14.1 Å². The van der Waals surface area contributed by atoms with Crippen molar-refractivity contribution >= 4 is 5.91 Å². The maximum atomic E-state index is 12.6. The van der Waals surface area contributed by atoms with Crippen molar-refractivity contribution in [2.24, 2.45) is 0 Å². The number of benzene rings is 2. The summed E-state index contributed by atoms with van der Waals surface area (Å²) >= 11 is 0. The lowest BCUT2D eigenvalue weighted by Crippen LogP contribution is -3.13. The summed E-state index contributed by atoms with van der Waals surface area (Å²) in [4.78, 5) is 16.1. The van der Waals surface area contributed by atoms with E-state index in [0.717, 1.165) is 38.3 Å². The maximum Gasteiger partial charge on any atom is 0.247 e. The number of aromatic nitrogens is 2. The highest BCUT2D eigenvalue weighted by atomic mass is 16.4. The molecule has 0 saturated carbocycles. The molecule has 1 N–H and O–H groups in total. The highest BCUT2D eigenvalue weighted by molar-refractivity contribution is 5.76. The standard InChI is InChI=1S/C24H28N4O2/c1-18-7-9-20(10-8-18)24-26-25-22(30-24)11-12-23(29)28-15-13-27(14-16-28)17-21-6-4-3-5-19(21)2/h3-10H,11-17H2,1-2H3/p+1. The van der Waals surface area contributed by atoms with Gasteiger partial charge in [0, 0.05) is 24.0 Å². The Morgan fingerprint density at radius 1 is 1.03 bits per heavy atom. The number of rotatable bonds is 6. The van der Waals surface area contributed by atoms with Crippen molar-refractivity contribution in [3.63, 3.8) is 0 Å². The lowest BCUT2D eigenvalue weighted by atomic mass is 10.1. The summed E-state index contributed by atoms with van der Waals surface area (Å²) in [7, 11) is 0. The van der Waals surface area contributed by atoms with Crippen LogP contribution in [-0.4, -0.2) is 47.2 Å². The highest BCUT2D eigenvalue weighted by Crippen LogP contribution is 2.19.